The second-order valence-electron chi connectivity index (χ2n) is 5.16. The Kier molecular flexibility index (Phi) is 5.90. The predicted octanol–water partition coefficient (Wildman–Crippen LogP) is 4.18. The van der Waals surface area contributed by atoms with E-state index >= 15 is 0 Å². The van der Waals surface area contributed by atoms with Gasteiger partial charge >= 0.3 is 0 Å². The molecule has 0 bridgehead atoms. The Morgan fingerprint density at radius 1 is 1.09 bits per heavy atom. The number of ether oxygens (including phenoxy) is 1. The molecule has 0 aliphatic carbocycles. The highest BCUT2D eigenvalue weighted by Gasteiger charge is 2.07. The lowest BCUT2D eigenvalue weighted by Gasteiger charge is -2.11. The average molecular weight is 315 g/mol. The van der Waals surface area contributed by atoms with Crippen LogP contribution in [0, 0.1) is 13.8 Å². The number of carbonyl (C=O) groups excluding carboxylic acids is 1. The van der Waals surface area contributed by atoms with Crippen LogP contribution in [0.5, 0.6) is 5.75 Å². The number of nitrogens with one attached hydrogen (secondary N) is 1. The Bertz CT molecular complexity index is 618. The average Bonchev–Trinajstić information content (AvgIpc) is 2.52. The summed E-state index contributed by atoms with van der Waals surface area (Å²) in [5.74, 6) is 2.14. The van der Waals surface area contributed by atoms with E-state index in [0.717, 1.165) is 28.3 Å². The number of aryl methyl sites for hydroxylation is 2. The largest absolute Gasteiger partial charge is 0.497 e. The minimum Gasteiger partial charge on any atom is -0.497 e. The van der Waals surface area contributed by atoms with Crippen LogP contribution in [0.25, 0.3) is 0 Å². The van der Waals surface area contributed by atoms with E-state index in [-0.39, 0.29) is 5.91 Å². The molecule has 0 radical (unpaired) electrons. The molecule has 0 saturated carbocycles. The van der Waals surface area contributed by atoms with Gasteiger partial charge in [0.1, 0.15) is 5.75 Å². The molecule has 0 heterocycles. The molecule has 0 saturated heterocycles. The van der Waals surface area contributed by atoms with Crippen molar-refractivity contribution in [3.05, 3.63) is 59.2 Å². The molecule has 0 unspecified atom stereocenters. The van der Waals surface area contributed by atoms with Crippen molar-refractivity contribution in [1.29, 1.82) is 0 Å². The van der Waals surface area contributed by atoms with Gasteiger partial charge in [0.25, 0.3) is 0 Å². The van der Waals surface area contributed by atoms with Crippen molar-refractivity contribution < 1.29 is 9.53 Å². The summed E-state index contributed by atoms with van der Waals surface area (Å²) in [5, 5.41) is 3.00. The van der Waals surface area contributed by atoms with Crippen LogP contribution in [0.4, 0.5) is 5.69 Å². The van der Waals surface area contributed by atoms with E-state index < -0.39 is 0 Å². The first kappa shape index (κ1) is 16.4. The highest BCUT2D eigenvalue weighted by atomic mass is 32.2. The number of benzene rings is 2. The Balaban J connectivity index is 1.82. The first-order valence-electron chi connectivity index (χ1n) is 7.17. The van der Waals surface area contributed by atoms with Crippen LogP contribution >= 0.6 is 11.8 Å². The summed E-state index contributed by atoms with van der Waals surface area (Å²) in [6, 6.07) is 13.9. The van der Waals surface area contributed by atoms with Gasteiger partial charge in [-0.05, 0) is 42.7 Å². The van der Waals surface area contributed by atoms with Gasteiger partial charge in [0.15, 0.2) is 0 Å². The molecule has 0 aliphatic heterocycles. The minimum atomic E-state index is 0.0379. The van der Waals surface area contributed by atoms with Crippen molar-refractivity contribution in [3.63, 3.8) is 0 Å². The zero-order valence-corrected chi connectivity index (χ0v) is 14.0. The molecule has 0 spiro atoms. The quantitative estimate of drug-likeness (QED) is 0.869. The molecule has 1 amide bonds. The molecule has 0 fully saturated rings. The number of hydrogen-bond acceptors (Lipinski definition) is 3. The fraction of sp³-hybridized carbons (Fsp3) is 0.278. The molecule has 0 atom stereocenters. The molecule has 0 aliphatic rings. The summed E-state index contributed by atoms with van der Waals surface area (Å²) in [4.78, 5) is 12.1. The summed E-state index contributed by atoms with van der Waals surface area (Å²) in [6.45, 7) is 4.01. The lowest BCUT2D eigenvalue weighted by molar-refractivity contribution is -0.113. The minimum absolute atomic E-state index is 0.0379. The maximum Gasteiger partial charge on any atom is 0.234 e. The molecule has 1 N–H and O–H groups in total. The second kappa shape index (κ2) is 7.90. The SMILES string of the molecule is COc1ccc(CSCC(=O)Nc2c(C)cccc2C)cc1. The smallest absolute Gasteiger partial charge is 0.234 e. The van der Waals surface area contributed by atoms with E-state index in [1.165, 1.54) is 5.56 Å². The van der Waals surface area contributed by atoms with Gasteiger partial charge in [-0.25, -0.2) is 0 Å². The first-order chi connectivity index (χ1) is 10.6. The molecular formula is C18H21NO2S. The van der Waals surface area contributed by atoms with E-state index in [0.29, 0.717) is 5.75 Å². The maximum absolute atomic E-state index is 12.1. The first-order valence-corrected chi connectivity index (χ1v) is 8.32. The fourth-order valence-electron chi connectivity index (χ4n) is 2.17. The monoisotopic (exact) mass is 315 g/mol. The number of hydrogen-bond donors (Lipinski definition) is 1. The molecule has 4 heteroatoms. The Morgan fingerprint density at radius 2 is 1.73 bits per heavy atom. The zero-order valence-electron chi connectivity index (χ0n) is 13.2. The number of carbonyl (C=O) groups is 1. The number of anilines is 1. The van der Waals surface area contributed by atoms with Gasteiger partial charge in [-0.3, -0.25) is 4.79 Å². The fourth-order valence-corrected chi connectivity index (χ4v) is 2.96. The maximum atomic E-state index is 12.1. The number of methoxy groups -OCH3 is 1. The third-order valence-corrected chi connectivity index (χ3v) is 4.41. The van der Waals surface area contributed by atoms with Gasteiger partial charge in [-0.15, -0.1) is 11.8 Å². The summed E-state index contributed by atoms with van der Waals surface area (Å²) in [7, 11) is 1.65. The van der Waals surface area contributed by atoms with Gasteiger partial charge in [0.2, 0.25) is 5.91 Å². The van der Waals surface area contributed by atoms with Crippen LogP contribution in [-0.4, -0.2) is 18.8 Å². The Labute approximate surface area is 136 Å². The number of thioether (sulfide) groups is 1. The van der Waals surface area contributed by atoms with E-state index in [1.54, 1.807) is 18.9 Å². The van der Waals surface area contributed by atoms with Crippen LogP contribution in [0.1, 0.15) is 16.7 Å². The van der Waals surface area contributed by atoms with Crippen molar-refractivity contribution in [2.75, 3.05) is 18.2 Å². The summed E-state index contributed by atoms with van der Waals surface area (Å²) in [5.41, 5.74) is 4.30. The third-order valence-electron chi connectivity index (χ3n) is 3.41. The summed E-state index contributed by atoms with van der Waals surface area (Å²) >= 11 is 1.61. The molecule has 3 nitrogen and oxygen atoms in total. The van der Waals surface area contributed by atoms with Crippen LogP contribution in [0.15, 0.2) is 42.5 Å². The third kappa shape index (κ3) is 4.53. The topological polar surface area (TPSA) is 38.3 Å². The van der Waals surface area contributed by atoms with Gasteiger partial charge in [0.05, 0.1) is 12.9 Å². The predicted molar refractivity (Wildman–Crippen MR) is 93.7 cm³/mol. The molecule has 116 valence electrons. The van der Waals surface area contributed by atoms with Crippen LogP contribution in [0.3, 0.4) is 0 Å². The van der Waals surface area contributed by atoms with E-state index in [4.69, 9.17) is 4.74 Å². The van der Waals surface area contributed by atoms with Crippen LogP contribution in [-0.2, 0) is 10.5 Å². The Morgan fingerprint density at radius 3 is 2.32 bits per heavy atom. The van der Waals surface area contributed by atoms with Crippen LogP contribution in [0.2, 0.25) is 0 Å². The highest BCUT2D eigenvalue weighted by molar-refractivity contribution is 7.99. The van der Waals surface area contributed by atoms with Gasteiger partial charge in [-0.2, -0.15) is 0 Å². The summed E-state index contributed by atoms with van der Waals surface area (Å²) < 4.78 is 5.13. The lowest BCUT2D eigenvalue weighted by atomic mass is 10.1. The van der Waals surface area contributed by atoms with Crippen molar-refractivity contribution in [2.45, 2.75) is 19.6 Å². The summed E-state index contributed by atoms with van der Waals surface area (Å²) in [6.07, 6.45) is 0. The standard InChI is InChI=1S/C18H21NO2S/c1-13-5-4-6-14(2)18(13)19-17(20)12-22-11-15-7-9-16(21-3)10-8-15/h4-10H,11-12H2,1-3H3,(H,19,20). The molecular weight excluding hydrogens is 294 g/mol. The van der Waals surface area contributed by atoms with Crippen molar-refractivity contribution in [1.82, 2.24) is 0 Å². The number of para-hydroxylation sites is 1. The van der Waals surface area contributed by atoms with Crippen molar-refractivity contribution in [2.24, 2.45) is 0 Å². The van der Waals surface area contributed by atoms with Crippen molar-refractivity contribution >= 4 is 23.4 Å². The van der Waals surface area contributed by atoms with E-state index in [1.807, 2.05) is 56.3 Å². The molecule has 2 aromatic carbocycles. The van der Waals surface area contributed by atoms with Crippen LogP contribution < -0.4 is 10.1 Å². The molecule has 2 rings (SSSR count). The molecule has 22 heavy (non-hydrogen) atoms. The van der Waals surface area contributed by atoms with E-state index in [9.17, 15) is 4.79 Å². The van der Waals surface area contributed by atoms with E-state index in [2.05, 4.69) is 5.32 Å². The Hall–Kier alpha value is -1.94. The van der Waals surface area contributed by atoms with Gasteiger partial charge < -0.3 is 10.1 Å². The van der Waals surface area contributed by atoms with Gasteiger partial charge in [0, 0.05) is 11.4 Å². The van der Waals surface area contributed by atoms with Crippen molar-refractivity contribution in [3.8, 4) is 5.75 Å². The lowest BCUT2D eigenvalue weighted by Crippen LogP contribution is -2.15. The van der Waals surface area contributed by atoms with Gasteiger partial charge in [-0.1, -0.05) is 30.3 Å². The number of amides is 1. The highest BCUT2D eigenvalue weighted by Crippen LogP contribution is 2.20. The molecule has 0 aromatic heterocycles. The number of rotatable bonds is 6. The zero-order chi connectivity index (χ0) is 15.9. The second-order valence-corrected chi connectivity index (χ2v) is 6.14. The normalized spacial score (nSPS) is 10.3. The molecule has 2 aromatic rings.